The quantitative estimate of drug-likeness (QED) is 0.849. The highest BCUT2D eigenvalue weighted by atomic mass is 79.9. The lowest BCUT2D eigenvalue weighted by molar-refractivity contribution is 0.283. The van der Waals surface area contributed by atoms with Gasteiger partial charge in [-0.2, -0.15) is 0 Å². The molecule has 18 heavy (non-hydrogen) atoms. The van der Waals surface area contributed by atoms with Crippen molar-refractivity contribution in [1.82, 2.24) is 0 Å². The summed E-state index contributed by atoms with van der Waals surface area (Å²) >= 11 is 3.64. The highest BCUT2D eigenvalue weighted by molar-refractivity contribution is 9.10. The van der Waals surface area contributed by atoms with Crippen LogP contribution in [0.3, 0.4) is 0 Å². The number of aliphatic hydroxyl groups is 1. The molecule has 0 spiro atoms. The van der Waals surface area contributed by atoms with Crippen molar-refractivity contribution >= 4 is 21.6 Å². The summed E-state index contributed by atoms with van der Waals surface area (Å²) in [7, 11) is 0. The first-order chi connectivity index (χ1) is 8.76. The van der Waals surface area contributed by atoms with E-state index in [1.807, 2.05) is 0 Å². The maximum Gasteiger partial charge on any atom is 0.0513 e. The van der Waals surface area contributed by atoms with E-state index < -0.39 is 0 Å². The first-order valence-electron chi connectivity index (χ1n) is 6.62. The van der Waals surface area contributed by atoms with Gasteiger partial charge < -0.3 is 15.7 Å². The highest BCUT2D eigenvalue weighted by Gasteiger charge is 2.25. The molecule has 4 heteroatoms. The fourth-order valence-electron chi connectivity index (χ4n) is 2.35. The van der Waals surface area contributed by atoms with Crippen LogP contribution in [0.4, 0.5) is 5.69 Å². The summed E-state index contributed by atoms with van der Waals surface area (Å²) in [6, 6.07) is 6.96. The third-order valence-electron chi connectivity index (χ3n) is 3.63. The molecular weight excluding hydrogens is 292 g/mol. The van der Waals surface area contributed by atoms with Crippen molar-refractivity contribution in [3.8, 4) is 0 Å². The van der Waals surface area contributed by atoms with E-state index in [0.29, 0.717) is 12.6 Å². The van der Waals surface area contributed by atoms with Crippen LogP contribution in [0.25, 0.3) is 0 Å². The van der Waals surface area contributed by atoms with Gasteiger partial charge in [0, 0.05) is 30.2 Å². The van der Waals surface area contributed by atoms with Gasteiger partial charge in [0.25, 0.3) is 0 Å². The summed E-state index contributed by atoms with van der Waals surface area (Å²) in [5.41, 5.74) is 8.02. The van der Waals surface area contributed by atoms with Gasteiger partial charge in [-0.15, -0.1) is 0 Å². The van der Waals surface area contributed by atoms with E-state index in [9.17, 15) is 0 Å². The maximum atomic E-state index is 9.03. The van der Waals surface area contributed by atoms with Crippen molar-refractivity contribution in [2.45, 2.75) is 38.3 Å². The number of nitrogens with zero attached hydrogens (tertiary/aromatic N) is 1. The third-order valence-corrected chi connectivity index (χ3v) is 4.26. The van der Waals surface area contributed by atoms with Crippen molar-refractivity contribution in [3.63, 3.8) is 0 Å². The first-order valence-corrected chi connectivity index (χ1v) is 7.41. The topological polar surface area (TPSA) is 49.5 Å². The van der Waals surface area contributed by atoms with Gasteiger partial charge in [-0.3, -0.25) is 0 Å². The standard InChI is InChI=1S/C14H21BrN2O/c15-13-9-11(10-16)5-6-14(13)17(7-2-8-18)12-3-1-4-12/h5-6,9,12,18H,1-4,7-8,10,16H2. The van der Waals surface area contributed by atoms with Crippen LogP contribution in [0.1, 0.15) is 31.2 Å². The molecule has 0 heterocycles. The lowest BCUT2D eigenvalue weighted by Gasteiger charge is -2.40. The molecule has 100 valence electrons. The fraction of sp³-hybridized carbons (Fsp3) is 0.571. The number of rotatable bonds is 6. The van der Waals surface area contributed by atoms with Gasteiger partial charge in [0.05, 0.1) is 5.69 Å². The minimum atomic E-state index is 0.252. The maximum absolute atomic E-state index is 9.03. The second-order valence-electron chi connectivity index (χ2n) is 4.85. The van der Waals surface area contributed by atoms with Crippen LogP contribution in [0.5, 0.6) is 0 Å². The van der Waals surface area contributed by atoms with E-state index in [1.54, 1.807) is 0 Å². The average Bonchev–Trinajstić information content (AvgIpc) is 2.32. The molecule has 0 atom stereocenters. The number of hydrogen-bond donors (Lipinski definition) is 2. The van der Waals surface area contributed by atoms with E-state index in [-0.39, 0.29) is 6.61 Å². The Hall–Kier alpha value is -0.580. The van der Waals surface area contributed by atoms with E-state index >= 15 is 0 Å². The Morgan fingerprint density at radius 3 is 2.67 bits per heavy atom. The Balaban J connectivity index is 2.18. The van der Waals surface area contributed by atoms with Gasteiger partial charge in [-0.25, -0.2) is 0 Å². The second-order valence-corrected chi connectivity index (χ2v) is 5.70. The van der Waals surface area contributed by atoms with Crippen LogP contribution >= 0.6 is 15.9 Å². The number of anilines is 1. The molecule has 0 unspecified atom stereocenters. The summed E-state index contributed by atoms with van der Waals surface area (Å²) in [6.45, 7) is 1.74. The Kier molecular flexibility index (Phi) is 5.03. The summed E-state index contributed by atoms with van der Waals surface area (Å²) < 4.78 is 1.11. The zero-order valence-electron chi connectivity index (χ0n) is 10.6. The van der Waals surface area contributed by atoms with Crippen LogP contribution in [-0.2, 0) is 6.54 Å². The highest BCUT2D eigenvalue weighted by Crippen LogP contribution is 2.34. The minimum absolute atomic E-state index is 0.252. The Bertz CT molecular complexity index is 393. The SMILES string of the molecule is NCc1ccc(N(CCCO)C2CCC2)c(Br)c1. The molecule has 1 aliphatic carbocycles. The Labute approximate surface area is 117 Å². The zero-order chi connectivity index (χ0) is 13.0. The summed E-state index contributed by atoms with van der Waals surface area (Å²) in [4.78, 5) is 2.42. The molecule has 3 nitrogen and oxygen atoms in total. The van der Waals surface area contributed by atoms with Gasteiger partial charge in [-0.05, 0) is 59.3 Å². The number of halogens is 1. The smallest absolute Gasteiger partial charge is 0.0513 e. The largest absolute Gasteiger partial charge is 0.396 e. The van der Waals surface area contributed by atoms with Crippen molar-refractivity contribution in [2.24, 2.45) is 5.73 Å². The predicted molar refractivity (Wildman–Crippen MR) is 78.7 cm³/mol. The molecule has 2 rings (SSSR count). The van der Waals surface area contributed by atoms with E-state index in [4.69, 9.17) is 10.8 Å². The first kappa shape index (κ1) is 13.8. The summed E-state index contributed by atoms with van der Waals surface area (Å²) in [5.74, 6) is 0. The molecule has 1 aromatic carbocycles. The summed E-state index contributed by atoms with van der Waals surface area (Å²) in [5, 5.41) is 9.03. The molecule has 0 radical (unpaired) electrons. The van der Waals surface area contributed by atoms with Gasteiger partial charge in [0.1, 0.15) is 0 Å². The molecule has 0 amide bonds. The monoisotopic (exact) mass is 312 g/mol. The minimum Gasteiger partial charge on any atom is -0.396 e. The van der Waals surface area contributed by atoms with E-state index in [2.05, 4.69) is 39.0 Å². The molecular formula is C14H21BrN2O. The lowest BCUT2D eigenvalue weighted by atomic mass is 9.91. The van der Waals surface area contributed by atoms with Gasteiger partial charge in [-0.1, -0.05) is 6.07 Å². The van der Waals surface area contributed by atoms with Crippen molar-refractivity contribution in [2.75, 3.05) is 18.1 Å². The average molecular weight is 313 g/mol. The summed E-state index contributed by atoms with van der Waals surface area (Å²) in [6.07, 6.45) is 4.66. The molecule has 0 saturated heterocycles. The van der Waals surface area contributed by atoms with Crippen molar-refractivity contribution in [3.05, 3.63) is 28.2 Å². The molecule has 0 aromatic heterocycles. The van der Waals surface area contributed by atoms with Gasteiger partial charge >= 0.3 is 0 Å². The zero-order valence-corrected chi connectivity index (χ0v) is 12.2. The van der Waals surface area contributed by atoms with Gasteiger partial charge in [0.15, 0.2) is 0 Å². The van der Waals surface area contributed by atoms with Gasteiger partial charge in [0.2, 0.25) is 0 Å². The number of hydrogen-bond acceptors (Lipinski definition) is 3. The molecule has 1 aromatic rings. The predicted octanol–water partition coefficient (Wildman–Crippen LogP) is 2.65. The molecule has 0 aliphatic heterocycles. The Morgan fingerprint density at radius 1 is 1.39 bits per heavy atom. The lowest BCUT2D eigenvalue weighted by Crippen LogP contribution is -2.41. The number of nitrogens with two attached hydrogens (primary N) is 1. The molecule has 3 N–H and O–H groups in total. The van der Waals surface area contributed by atoms with E-state index in [1.165, 1.54) is 24.9 Å². The van der Waals surface area contributed by atoms with Crippen LogP contribution < -0.4 is 10.6 Å². The van der Waals surface area contributed by atoms with E-state index in [0.717, 1.165) is 23.0 Å². The van der Waals surface area contributed by atoms with Crippen molar-refractivity contribution < 1.29 is 5.11 Å². The van der Waals surface area contributed by atoms with Crippen LogP contribution in [-0.4, -0.2) is 24.3 Å². The number of aliphatic hydroxyl groups excluding tert-OH is 1. The van der Waals surface area contributed by atoms with Crippen molar-refractivity contribution in [1.29, 1.82) is 0 Å². The number of benzene rings is 1. The second kappa shape index (κ2) is 6.55. The molecule has 1 fully saturated rings. The normalized spacial score (nSPS) is 15.5. The fourth-order valence-corrected chi connectivity index (χ4v) is 3.00. The third kappa shape index (κ3) is 3.05. The Morgan fingerprint density at radius 2 is 2.17 bits per heavy atom. The molecule has 0 bridgehead atoms. The molecule has 1 aliphatic rings. The van der Waals surface area contributed by atoms with Crippen LogP contribution in [0.15, 0.2) is 22.7 Å². The molecule has 1 saturated carbocycles. The van der Waals surface area contributed by atoms with Crippen LogP contribution in [0.2, 0.25) is 0 Å². The van der Waals surface area contributed by atoms with Crippen LogP contribution in [0, 0.1) is 0 Å².